The van der Waals surface area contributed by atoms with Crippen molar-refractivity contribution in [3.05, 3.63) is 66.2 Å². The molecule has 28 heavy (non-hydrogen) atoms. The molecule has 148 valence electrons. The summed E-state index contributed by atoms with van der Waals surface area (Å²) in [6, 6.07) is 10.5. The Hall–Kier alpha value is -2.80. The number of ether oxygens (including phenoxy) is 2. The van der Waals surface area contributed by atoms with Crippen LogP contribution in [-0.2, 0) is 19.6 Å². The number of sulfonamides is 1. The zero-order valence-corrected chi connectivity index (χ0v) is 16.9. The molecular weight excluding hydrogens is 378 g/mol. The average molecular weight is 401 g/mol. The van der Waals surface area contributed by atoms with Gasteiger partial charge in [-0.1, -0.05) is 23.8 Å². The minimum absolute atomic E-state index is 0.110. The highest BCUT2D eigenvalue weighted by Gasteiger charge is 2.48. The van der Waals surface area contributed by atoms with Gasteiger partial charge in [0.25, 0.3) is 10.0 Å². The second kappa shape index (κ2) is 7.67. The van der Waals surface area contributed by atoms with Gasteiger partial charge in [0.05, 0.1) is 24.3 Å². The van der Waals surface area contributed by atoms with Crippen molar-refractivity contribution in [3.63, 3.8) is 0 Å². The smallest absolute Gasteiger partial charge is 0.330 e. The van der Waals surface area contributed by atoms with Crippen molar-refractivity contribution in [2.24, 2.45) is 0 Å². The van der Waals surface area contributed by atoms with Crippen LogP contribution in [0.5, 0.6) is 5.75 Å². The van der Waals surface area contributed by atoms with Crippen molar-refractivity contribution in [2.45, 2.75) is 30.7 Å². The Morgan fingerprint density at radius 3 is 2.46 bits per heavy atom. The molecule has 0 unspecified atom stereocenters. The van der Waals surface area contributed by atoms with E-state index in [0.29, 0.717) is 17.0 Å². The minimum Gasteiger partial charge on any atom is -0.497 e. The quantitative estimate of drug-likeness (QED) is 0.548. The van der Waals surface area contributed by atoms with Crippen molar-refractivity contribution < 1.29 is 22.7 Å². The minimum atomic E-state index is -4.00. The summed E-state index contributed by atoms with van der Waals surface area (Å²) in [5.41, 5.74) is 2.02. The number of esters is 1. The molecule has 6 nitrogen and oxygen atoms in total. The van der Waals surface area contributed by atoms with Crippen LogP contribution in [0.2, 0.25) is 0 Å². The van der Waals surface area contributed by atoms with Gasteiger partial charge in [-0.05, 0) is 49.7 Å². The van der Waals surface area contributed by atoms with Crippen LogP contribution in [-0.4, -0.2) is 34.1 Å². The lowest BCUT2D eigenvalue weighted by molar-refractivity contribution is -0.144. The summed E-state index contributed by atoms with van der Waals surface area (Å²) in [6.45, 7) is 7.53. The molecule has 1 aliphatic heterocycles. The lowest BCUT2D eigenvalue weighted by atomic mass is 9.95. The number of hydrogen-bond acceptors (Lipinski definition) is 5. The zero-order valence-electron chi connectivity index (χ0n) is 16.1. The van der Waals surface area contributed by atoms with Crippen molar-refractivity contribution >= 4 is 21.7 Å². The first-order valence-electron chi connectivity index (χ1n) is 8.93. The van der Waals surface area contributed by atoms with E-state index in [4.69, 9.17) is 9.47 Å². The monoisotopic (exact) mass is 401 g/mol. The summed E-state index contributed by atoms with van der Waals surface area (Å²) in [5, 5.41) is 0. The zero-order chi connectivity index (χ0) is 20.5. The van der Waals surface area contributed by atoms with E-state index >= 15 is 0 Å². The molecule has 1 heterocycles. The maximum Gasteiger partial charge on any atom is 0.330 e. The summed E-state index contributed by atoms with van der Waals surface area (Å²) in [6.07, 6.45) is 1.57. The number of fused-ring (bicyclic) bond motifs is 1. The Bertz CT molecular complexity index is 998. The number of benzene rings is 2. The molecule has 2 aromatic carbocycles. The highest BCUT2D eigenvalue weighted by atomic mass is 32.2. The van der Waals surface area contributed by atoms with Gasteiger partial charge in [-0.25, -0.2) is 13.2 Å². The number of carbonyl (C=O) groups excluding carboxylic acids is 1. The van der Waals surface area contributed by atoms with E-state index in [2.05, 4.69) is 6.58 Å². The fraction of sp³-hybridized carbons (Fsp3) is 0.286. The lowest BCUT2D eigenvalue weighted by Crippen LogP contribution is -2.45. The highest BCUT2D eigenvalue weighted by molar-refractivity contribution is 7.93. The summed E-state index contributed by atoms with van der Waals surface area (Å²) < 4.78 is 38.6. The number of carbonyl (C=O) groups is 1. The van der Waals surface area contributed by atoms with E-state index in [1.54, 1.807) is 43.3 Å². The molecule has 0 saturated carbocycles. The first-order valence-corrected chi connectivity index (χ1v) is 10.4. The third-order valence-corrected chi connectivity index (χ3v) is 6.59. The van der Waals surface area contributed by atoms with Crippen LogP contribution in [0.1, 0.15) is 24.0 Å². The fourth-order valence-electron chi connectivity index (χ4n) is 3.42. The number of hydrogen-bond donors (Lipinski definition) is 0. The van der Waals surface area contributed by atoms with E-state index in [1.165, 1.54) is 19.2 Å². The topological polar surface area (TPSA) is 72.9 Å². The number of methoxy groups -OCH3 is 1. The molecule has 0 radical (unpaired) electrons. The van der Waals surface area contributed by atoms with Gasteiger partial charge in [-0.2, -0.15) is 0 Å². The largest absolute Gasteiger partial charge is 0.497 e. The van der Waals surface area contributed by atoms with Crippen LogP contribution in [0.25, 0.3) is 0 Å². The van der Waals surface area contributed by atoms with Gasteiger partial charge in [-0.3, -0.25) is 4.31 Å². The Kier molecular flexibility index (Phi) is 5.47. The molecule has 0 bridgehead atoms. The van der Waals surface area contributed by atoms with E-state index in [0.717, 1.165) is 9.87 Å². The Labute approximate surface area is 165 Å². The first-order chi connectivity index (χ1) is 13.3. The van der Waals surface area contributed by atoms with Crippen LogP contribution in [0.15, 0.2) is 60.0 Å². The molecule has 2 aromatic rings. The Morgan fingerprint density at radius 1 is 1.21 bits per heavy atom. The number of nitrogens with zero attached hydrogens (tertiary/aromatic N) is 1. The van der Waals surface area contributed by atoms with Gasteiger partial charge in [0, 0.05) is 5.92 Å². The van der Waals surface area contributed by atoms with Crippen LogP contribution >= 0.6 is 0 Å². The standard InChI is InChI=1S/C21H23NO5S/c1-5-17-18-13-15(26-4)9-12-19(18)22(20(17)21(23)27-6-2)28(24,25)16-10-7-14(3)8-11-16/h5,7-13,17,20H,1,6H2,2-4H3/t17-,20-/m1/s1. The Balaban J connectivity index is 2.21. The number of aryl methyl sites for hydroxylation is 1. The summed E-state index contributed by atoms with van der Waals surface area (Å²) in [5.74, 6) is -0.592. The normalized spacial score (nSPS) is 18.5. The summed E-state index contributed by atoms with van der Waals surface area (Å²) in [7, 11) is -2.47. The molecule has 0 spiro atoms. The summed E-state index contributed by atoms with van der Waals surface area (Å²) in [4.78, 5) is 12.9. The average Bonchev–Trinajstić information content (AvgIpc) is 3.02. The molecule has 7 heteroatoms. The summed E-state index contributed by atoms with van der Waals surface area (Å²) >= 11 is 0. The van der Waals surface area contributed by atoms with Crippen molar-refractivity contribution in [2.75, 3.05) is 18.0 Å². The van der Waals surface area contributed by atoms with E-state index in [-0.39, 0.29) is 11.5 Å². The molecule has 0 aromatic heterocycles. The molecular formula is C21H23NO5S. The third kappa shape index (κ3) is 3.26. The third-order valence-electron chi connectivity index (χ3n) is 4.78. The maximum atomic E-state index is 13.5. The van der Waals surface area contributed by atoms with Crippen molar-refractivity contribution in [1.29, 1.82) is 0 Å². The molecule has 3 rings (SSSR count). The van der Waals surface area contributed by atoms with Gasteiger partial charge < -0.3 is 9.47 Å². The Morgan fingerprint density at radius 2 is 1.89 bits per heavy atom. The van der Waals surface area contributed by atoms with Crippen LogP contribution < -0.4 is 9.04 Å². The molecule has 0 saturated heterocycles. The molecule has 0 N–H and O–H groups in total. The molecule has 0 fully saturated rings. The molecule has 0 amide bonds. The lowest BCUT2D eigenvalue weighted by Gasteiger charge is -2.27. The van der Waals surface area contributed by atoms with Gasteiger partial charge >= 0.3 is 5.97 Å². The van der Waals surface area contributed by atoms with Crippen LogP contribution in [0, 0.1) is 6.92 Å². The molecule has 1 aliphatic rings. The van der Waals surface area contributed by atoms with Crippen molar-refractivity contribution in [3.8, 4) is 5.75 Å². The maximum absolute atomic E-state index is 13.5. The van der Waals surface area contributed by atoms with Crippen LogP contribution in [0.4, 0.5) is 5.69 Å². The fourth-order valence-corrected chi connectivity index (χ4v) is 5.07. The molecule has 2 atom stereocenters. The van der Waals surface area contributed by atoms with Gasteiger partial charge in [0.15, 0.2) is 6.04 Å². The second-order valence-corrected chi connectivity index (χ2v) is 8.31. The van der Waals surface area contributed by atoms with E-state index < -0.39 is 28.0 Å². The predicted molar refractivity (Wildman–Crippen MR) is 107 cm³/mol. The highest BCUT2D eigenvalue weighted by Crippen LogP contribution is 2.46. The van der Waals surface area contributed by atoms with E-state index in [1.807, 2.05) is 6.92 Å². The molecule has 0 aliphatic carbocycles. The van der Waals surface area contributed by atoms with Gasteiger partial charge in [0.1, 0.15) is 5.75 Å². The first kappa shape index (κ1) is 19.9. The van der Waals surface area contributed by atoms with Gasteiger partial charge in [0.2, 0.25) is 0 Å². The predicted octanol–water partition coefficient (Wildman–Crippen LogP) is 3.41. The van der Waals surface area contributed by atoms with E-state index in [9.17, 15) is 13.2 Å². The SMILES string of the molecule is C=C[C@@H]1c2cc(OC)ccc2N(S(=O)(=O)c2ccc(C)cc2)[C@H]1C(=O)OCC. The second-order valence-electron chi connectivity index (χ2n) is 6.50. The number of anilines is 1. The van der Waals surface area contributed by atoms with Gasteiger partial charge in [-0.15, -0.1) is 6.58 Å². The van der Waals surface area contributed by atoms with Crippen LogP contribution in [0.3, 0.4) is 0 Å². The van der Waals surface area contributed by atoms with Crippen molar-refractivity contribution in [1.82, 2.24) is 0 Å². The number of rotatable bonds is 6.